The third-order valence-electron chi connectivity index (χ3n) is 3.26. The Morgan fingerprint density at radius 1 is 1.63 bits per heavy atom. The highest BCUT2D eigenvalue weighted by Gasteiger charge is 2.36. The van der Waals surface area contributed by atoms with Gasteiger partial charge in [0.05, 0.1) is 18.3 Å². The van der Waals surface area contributed by atoms with E-state index in [1.165, 1.54) is 0 Å². The van der Waals surface area contributed by atoms with Gasteiger partial charge in [-0.1, -0.05) is 19.9 Å². The molecule has 1 amide bonds. The van der Waals surface area contributed by atoms with Crippen LogP contribution in [0.15, 0.2) is 35.5 Å². The van der Waals surface area contributed by atoms with Crippen molar-refractivity contribution in [3.05, 3.63) is 36.8 Å². The fourth-order valence-electron chi connectivity index (χ4n) is 2.13. The Bertz CT molecular complexity index is 428. The Labute approximate surface area is 113 Å². The average Bonchev–Trinajstić information content (AvgIpc) is 2.99. The van der Waals surface area contributed by atoms with Crippen molar-refractivity contribution >= 4 is 6.09 Å². The predicted molar refractivity (Wildman–Crippen MR) is 71.2 cm³/mol. The highest BCUT2D eigenvalue weighted by atomic mass is 16.6. The van der Waals surface area contributed by atoms with Gasteiger partial charge >= 0.3 is 6.09 Å². The van der Waals surface area contributed by atoms with Gasteiger partial charge in [0.2, 0.25) is 0 Å². The smallest absolute Gasteiger partial charge is 0.424 e. The van der Waals surface area contributed by atoms with E-state index in [1.807, 2.05) is 12.1 Å². The quantitative estimate of drug-likeness (QED) is 0.803. The molecule has 2 rings (SSSR count). The number of cyclic esters (lactones) is 1. The van der Waals surface area contributed by atoms with Gasteiger partial charge in [-0.2, -0.15) is 0 Å². The van der Waals surface area contributed by atoms with Crippen LogP contribution < -0.4 is 5.43 Å². The van der Waals surface area contributed by atoms with E-state index < -0.39 is 0 Å². The number of rotatable bonds is 6. The Kier molecular flexibility index (Phi) is 4.27. The summed E-state index contributed by atoms with van der Waals surface area (Å²) >= 11 is 0. The summed E-state index contributed by atoms with van der Waals surface area (Å²) < 4.78 is 10.5. The van der Waals surface area contributed by atoms with Crippen molar-refractivity contribution < 1.29 is 13.9 Å². The van der Waals surface area contributed by atoms with E-state index in [1.54, 1.807) is 17.3 Å². The van der Waals surface area contributed by atoms with Crippen molar-refractivity contribution in [1.82, 2.24) is 10.4 Å². The molecule has 1 aromatic rings. The third-order valence-corrected chi connectivity index (χ3v) is 3.26. The maximum absolute atomic E-state index is 11.8. The Balaban J connectivity index is 2.11. The highest BCUT2D eigenvalue weighted by Crippen LogP contribution is 2.23. The van der Waals surface area contributed by atoms with Gasteiger partial charge in [-0.25, -0.2) is 15.2 Å². The molecule has 0 spiro atoms. The third kappa shape index (κ3) is 2.98. The number of hydrogen-bond acceptors (Lipinski definition) is 4. The minimum atomic E-state index is -0.334. The first-order chi connectivity index (χ1) is 9.13. The number of carbonyl (C=O) groups excluding carboxylic acids is 1. The molecule has 104 valence electrons. The monoisotopic (exact) mass is 264 g/mol. The molecule has 0 radical (unpaired) electrons. The molecule has 0 unspecified atom stereocenters. The number of carbonyl (C=O) groups is 1. The Morgan fingerprint density at radius 2 is 2.42 bits per heavy atom. The molecular formula is C14H20N2O3. The lowest BCUT2D eigenvalue weighted by Crippen LogP contribution is -2.48. The number of ether oxygens (including phenoxy) is 1. The zero-order chi connectivity index (χ0) is 13.8. The van der Waals surface area contributed by atoms with Crippen LogP contribution in [0, 0.1) is 5.92 Å². The van der Waals surface area contributed by atoms with Crippen LogP contribution in [0.5, 0.6) is 0 Å². The molecule has 2 atom stereocenters. The van der Waals surface area contributed by atoms with Crippen LogP contribution in [0.4, 0.5) is 4.79 Å². The molecule has 0 bridgehead atoms. The number of nitrogens with one attached hydrogen (secondary N) is 1. The normalized spacial score (nSPS) is 20.7. The van der Waals surface area contributed by atoms with Gasteiger partial charge in [0.1, 0.15) is 12.4 Å². The van der Waals surface area contributed by atoms with Crippen molar-refractivity contribution in [2.45, 2.75) is 32.4 Å². The number of hydrazine groups is 1. The van der Waals surface area contributed by atoms with Crippen molar-refractivity contribution in [3.8, 4) is 0 Å². The second-order valence-corrected chi connectivity index (χ2v) is 4.98. The van der Waals surface area contributed by atoms with Gasteiger partial charge in [0.25, 0.3) is 0 Å². The molecule has 1 aliphatic heterocycles. The largest absolute Gasteiger partial charge is 0.468 e. The lowest BCUT2D eigenvalue weighted by molar-refractivity contribution is 0.118. The molecule has 0 aromatic carbocycles. The summed E-state index contributed by atoms with van der Waals surface area (Å²) in [6.07, 6.45) is 3.75. The fraction of sp³-hybridized carbons (Fsp3) is 0.500. The summed E-state index contributed by atoms with van der Waals surface area (Å²) in [5, 5.41) is 1.57. The van der Waals surface area contributed by atoms with Gasteiger partial charge in [0.15, 0.2) is 0 Å². The number of nitrogens with zero attached hydrogens (tertiary/aromatic N) is 1. The number of hydrogen-bond donors (Lipinski definition) is 1. The summed E-state index contributed by atoms with van der Waals surface area (Å²) in [6.45, 7) is 8.29. The van der Waals surface area contributed by atoms with Gasteiger partial charge in [0, 0.05) is 0 Å². The topological polar surface area (TPSA) is 54.7 Å². The van der Waals surface area contributed by atoms with Crippen LogP contribution in [-0.2, 0) is 4.74 Å². The molecule has 5 heteroatoms. The SMILES string of the molecule is C=CC[C@H](NN1C(=O)OC[C@@H]1C(C)C)c1ccco1. The summed E-state index contributed by atoms with van der Waals surface area (Å²) in [6, 6.07) is 3.64. The first kappa shape index (κ1) is 13.7. The van der Waals surface area contributed by atoms with E-state index in [0.29, 0.717) is 18.9 Å². The molecule has 2 heterocycles. The summed E-state index contributed by atoms with van der Waals surface area (Å²) in [5.74, 6) is 1.10. The fourth-order valence-corrected chi connectivity index (χ4v) is 2.13. The van der Waals surface area contributed by atoms with Crippen LogP contribution in [0.3, 0.4) is 0 Å². The van der Waals surface area contributed by atoms with E-state index in [-0.39, 0.29) is 18.2 Å². The zero-order valence-electron chi connectivity index (χ0n) is 11.3. The van der Waals surface area contributed by atoms with Gasteiger partial charge in [-0.3, -0.25) is 0 Å². The van der Waals surface area contributed by atoms with Crippen LogP contribution >= 0.6 is 0 Å². The lowest BCUT2D eigenvalue weighted by Gasteiger charge is -2.28. The molecule has 19 heavy (non-hydrogen) atoms. The molecule has 1 aliphatic rings. The second kappa shape index (κ2) is 5.93. The van der Waals surface area contributed by atoms with Gasteiger partial charge < -0.3 is 9.15 Å². The lowest BCUT2D eigenvalue weighted by atomic mass is 10.1. The minimum Gasteiger partial charge on any atom is -0.468 e. The molecule has 1 saturated heterocycles. The molecular weight excluding hydrogens is 244 g/mol. The highest BCUT2D eigenvalue weighted by molar-refractivity contribution is 5.69. The molecule has 5 nitrogen and oxygen atoms in total. The maximum Gasteiger partial charge on any atom is 0.424 e. The summed E-state index contributed by atoms with van der Waals surface area (Å²) in [5.41, 5.74) is 3.19. The van der Waals surface area contributed by atoms with Crippen molar-refractivity contribution in [1.29, 1.82) is 0 Å². The molecule has 0 aliphatic carbocycles. The summed E-state index contributed by atoms with van der Waals surface area (Å²) in [4.78, 5) is 11.8. The second-order valence-electron chi connectivity index (χ2n) is 4.98. The van der Waals surface area contributed by atoms with Crippen LogP contribution in [0.1, 0.15) is 32.1 Å². The molecule has 0 saturated carbocycles. The molecule has 1 fully saturated rings. The zero-order valence-corrected chi connectivity index (χ0v) is 11.3. The first-order valence-corrected chi connectivity index (χ1v) is 6.50. The van der Waals surface area contributed by atoms with Crippen molar-refractivity contribution in [2.75, 3.05) is 6.61 Å². The van der Waals surface area contributed by atoms with E-state index in [0.717, 1.165) is 5.76 Å². The van der Waals surface area contributed by atoms with Crippen molar-refractivity contribution in [2.24, 2.45) is 5.92 Å². The number of amides is 1. The van der Waals surface area contributed by atoms with Crippen LogP contribution in [0.25, 0.3) is 0 Å². The van der Waals surface area contributed by atoms with Gasteiger partial charge in [-0.05, 0) is 24.5 Å². The average molecular weight is 264 g/mol. The molecule has 1 aromatic heterocycles. The minimum absolute atomic E-state index is 0.0368. The van der Waals surface area contributed by atoms with E-state index >= 15 is 0 Å². The first-order valence-electron chi connectivity index (χ1n) is 6.50. The van der Waals surface area contributed by atoms with E-state index in [4.69, 9.17) is 9.15 Å². The standard InChI is InChI=1S/C14H20N2O3/c1-4-6-11(13-7-5-8-18-13)15-16-12(10(2)3)9-19-14(16)17/h4-5,7-8,10-12,15H,1,6,9H2,2-3H3/t11-,12+/m0/s1. The number of furan rings is 1. The summed E-state index contributed by atoms with van der Waals surface area (Å²) in [7, 11) is 0. The van der Waals surface area contributed by atoms with Crippen LogP contribution in [0.2, 0.25) is 0 Å². The predicted octanol–water partition coefficient (Wildman–Crippen LogP) is 2.88. The molecule has 1 N–H and O–H groups in total. The van der Waals surface area contributed by atoms with Crippen LogP contribution in [-0.4, -0.2) is 23.8 Å². The Morgan fingerprint density at radius 3 is 3.00 bits per heavy atom. The van der Waals surface area contributed by atoms with Crippen molar-refractivity contribution in [3.63, 3.8) is 0 Å². The van der Waals surface area contributed by atoms with E-state index in [9.17, 15) is 4.79 Å². The van der Waals surface area contributed by atoms with E-state index in [2.05, 4.69) is 25.9 Å². The van der Waals surface area contributed by atoms with Gasteiger partial charge in [-0.15, -0.1) is 6.58 Å². The maximum atomic E-state index is 11.8. The Hall–Kier alpha value is -1.75.